The van der Waals surface area contributed by atoms with Crippen molar-refractivity contribution in [3.63, 3.8) is 0 Å². The minimum atomic E-state index is -4.88. The Labute approximate surface area is 268 Å². The van der Waals surface area contributed by atoms with Gasteiger partial charge in [0.1, 0.15) is 12.6 Å². The number of amides is 2. The van der Waals surface area contributed by atoms with Crippen molar-refractivity contribution in [1.29, 1.82) is 0 Å². The lowest BCUT2D eigenvalue weighted by Crippen LogP contribution is -2.53. The number of carbonyl (C=O) groups excluding carboxylic acids is 2. The number of benzene rings is 3. The van der Waals surface area contributed by atoms with Crippen LogP contribution in [0, 0.1) is 0 Å². The van der Waals surface area contributed by atoms with E-state index in [1.807, 2.05) is 0 Å². The minimum Gasteiger partial charge on any atom is -0.352 e. The molecular weight excluding hydrogens is 683 g/mol. The molecule has 0 unspecified atom stereocenters. The number of alkyl halides is 3. The van der Waals surface area contributed by atoms with E-state index < -0.39 is 56.9 Å². The van der Waals surface area contributed by atoms with E-state index >= 15 is 0 Å². The number of halogens is 5. The van der Waals surface area contributed by atoms with Gasteiger partial charge in [0.25, 0.3) is 10.0 Å². The Kier molecular flexibility index (Phi) is 11.0. The Morgan fingerprint density at radius 2 is 1.68 bits per heavy atom. The van der Waals surface area contributed by atoms with Gasteiger partial charge >= 0.3 is 6.18 Å². The molecule has 1 atom stereocenters. The molecule has 0 saturated heterocycles. The average molecular weight is 715 g/mol. The number of anilines is 1. The van der Waals surface area contributed by atoms with E-state index in [-0.39, 0.29) is 17.5 Å². The highest BCUT2D eigenvalue weighted by Crippen LogP contribution is 2.38. The van der Waals surface area contributed by atoms with Crippen molar-refractivity contribution in [2.75, 3.05) is 10.8 Å². The van der Waals surface area contributed by atoms with E-state index in [1.165, 1.54) is 29.2 Å². The van der Waals surface area contributed by atoms with Crippen LogP contribution in [0.25, 0.3) is 0 Å². The molecule has 0 heterocycles. The largest absolute Gasteiger partial charge is 0.417 e. The first-order valence-electron chi connectivity index (χ1n) is 14.1. The number of sulfonamides is 1. The first kappa shape index (κ1) is 33.8. The standard InChI is InChI=1S/C31H32BrClF3N3O4S/c1-21(30(41)37-24-11-4-2-5-12-24)38(19-22-9-8-10-23(32)17-22)29(40)20-39(44(42,43)26-13-6-3-7-14-26)25-15-16-28(33)27(18-25)31(34,35)36/h3,6-10,13-18,21,24H,2,4-5,11-12,19-20H2,1H3,(H,37,41)/t21-/m0/s1. The second-order valence-electron chi connectivity index (χ2n) is 10.7. The van der Waals surface area contributed by atoms with Crippen molar-refractivity contribution in [3.05, 3.63) is 93.4 Å². The molecule has 0 aliphatic heterocycles. The van der Waals surface area contributed by atoms with Crippen molar-refractivity contribution in [3.8, 4) is 0 Å². The molecule has 1 aliphatic rings. The summed E-state index contributed by atoms with van der Waals surface area (Å²) in [7, 11) is -4.54. The van der Waals surface area contributed by atoms with Crippen LogP contribution in [-0.2, 0) is 32.3 Å². The van der Waals surface area contributed by atoms with Gasteiger partial charge in [0, 0.05) is 17.1 Å². The van der Waals surface area contributed by atoms with Crippen LogP contribution in [0.5, 0.6) is 0 Å². The Bertz CT molecular complexity index is 1590. The van der Waals surface area contributed by atoms with Gasteiger partial charge in [-0.05, 0) is 67.8 Å². The van der Waals surface area contributed by atoms with Gasteiger partial charge in [-0.1, -0.05) is 77.1 Å². The lowest BCUT2D eigenvalue weighted by atomic mass is 9.95. The van der Waals surface area contributed by atoms with E-state index in [4.69, 9.17) is 11.6 Å². The van der Waals surface area contributed by atoms with Crippen LogP contribution in [0.1, 0.15) is 50.2 Å². The normalized spacial score (nSPS) is 15.0. The van der Waals surface area contributed by atoms with Gasteiger partial charge in [-0.15, -0.1) is 0 Å². The number of carbonyl (C=O) groups is 2. The molecule has 0 radical (unpaired) electrons. The fourth-order valence-electron chi connectivity index (χ4n) is 5.12. The molecule has 1 aliphatic carbocycles. The van der Waals surface area contributed by atoms with Gasteiger partial charge in [-0.2, -0.15) is 13.2 Å². The van der Waals surface area contributed by atoms with Gasteiger partial charge in [-0.3, -0.25) is 13.9 Å². The summed E-state index contributed by atoms with van der Waals surface area (Å²) in [6.45, 7) is 0.629. The maximum absolute atomic E-state index is 14.1. The Morgan fingerprint density at radius 3 is 2.32 bits per heavy atom. The third-order valence-electron chi connectivity index (χ3n) is 7.51. The first-order valence-corrected chi connectivity index (χ1v) is 16.7. The Balaban J connectivity index is 1.74. The number of nitrogens with zero attached hydrogens (tertiary/aromatic N) is 2. The van der Waals surface area contributed by atoms with Crippen LogP contribution in [0.3, 0.4) is 0 Å². The van der Waals surface area contributed by atoms with Crippen LogP contribution in [0.2, 0.25) is 5.02 Å². The Hall–Kier alpha value is -3.09. The van der Waals surface area contributed by atoms with Gasteiger partial charge in [0.05, 0.1) is 21.2 Å². The second-order valence-corrected chi connectivity index (χ2v) is 13.8. The molecule has 236 valence electrons. The molecule has 4 rings (SSSR count). The van der Waals surface area contributed by atoms with Crippen LogP contribution in [-0.4, -0.2) is 43.8 Å². The highest BCUT2D eigenvalue weighted by atomic mass is 79.9. The molecule has 1 N–H and O–H groups in total. The number of hydrogen-bond acceptors (Lipinski definition) is 4. The summed E-state index contributed by atoms with van der Waals surface area (Å²) >= 11 is 9.22. The molecule has 1 saturated carbocycles. The summed E-state index contributed by atoms with van der Waals surface area (Å²) in [6.07, 6.45) is -0.196. The van der Waals surface area contributed by atoms with E-state index in [9.17, 15) is 31.2 Å². The molecule has 1 fully saturated rings. The van der Waals surface area contributed by atoms with Crippen molar-refractivity contribution < 1.29 is 31.2 Å². The highest BCUT2D eigenvalue weighted by Gasteiger charge is 2.37. The van der Waals surface area contributed by atoms with Crippen molar-refractivity contribution in [1.82, 2.24) is 10.2 Å². The summed E-state index contributed by atoms with van der Waals surface area (Å²) < 4.78 is 70.4. The first-order chi connectivity index (χ1) is 20.8. The van der Waals surface area contributed by atoms with Gasteiger partial charge < -0.3 is 10.2 Å². The summed E-state index contributed by atoms with van der Waals surface area (Å²) in [4.78, 5) is 28.5. The second kappa shape index (κ2) is 14.3. The molecular formula is C31H32BrClF3N3O4S. The molecule has 3 aromatic carbocycles. The minimum absolute atomic E-state index is 0.0358. The van der Waals surface area contributed by atoms with Gasteiger partial charge in [-0.25, -0.2) is 8.42 Å². The van der Waals surface area contributed by atoms with Crippen LogP contribution in [0.15, 0.2) is 82.2 Å². The summed E-state index contributed by atoms with van der Waals surface area (Å²) in [5, 5.41) is 2.39. The fraction of sp³-hybridized carbons (Fsp3) is 0.355. The zero-order valence-corrected chi connectivity index (χ0v) is 27.0. The predicted octanol–water partition coefficient (Wildman–Crippen LogP) is 7.18. The molecule has 0 aromatic heterocycles. The predicted molar refractivity (Wildman–Crippen MR) is 167 cm³/mol. The zero-order valence-electron chi connectivity index (χ0n) is 23.9. The van der Waals surface area contributed by atoms with Crippen LogP contribution < -0.4 is 9.62 Å². The summed E-state index contributed by atoms with van der Waals surface area (Å²) in [6, 6.07) is 15.8. The lowest BCUT2D eigenvalue weighted by Gasteiger charge is -2.33. The molecule has 44 heavy (non-hydrogen) atoms. The smallest absolute Gasteiger partial charge is 0.352 e. The number of rotatable bonds is 10. The molecule has 2 amide bonds. The molecule has 0 spiro atoms. The van der Waals surface area contributed by atoms with Gasteiger partial charge in [0.2, 0.25) is 11.8 Å². The fourth-order valence-corrected chi connectivity index (χ4v) is 7.22. The topological polar surface area (TPSA) is 86.8 Å². The van der Waals surface area contributed by atoms with Gasteiger partial charge in [0.15, 0.2) is 0 Å². The van der Waals surface area contributed by atoms with Crippen molar-refractivity contribution in [2.24, 2.45) is 0 Å². The molecule has 3 aromatic rings. The molecule has 0 bridgehead atoms. The monoisotopic (exact) mass is 713 g/mol. The van der Waals surface area contributed by atoms with E-state index in [0.717, 1.165) is 48.7 Å². The van der Waals surface area contributed by atoms with E-state index in [0.29, 0.717) is 15.9 Å². The van der Waals surface area contributed by atoms with E-state index in [2.05, 4.69) is 21.2 Å². The van der Waals surface area contributed by atoms with Crippen LogP contribution in [0.4, 0.5) is 18.9 Å². The van der Waals surface area contributed by atoms with Crippen molar-refractivity contribution >= 4 is 55.1 Å². The molecule has 13 heteroatoms. The van der Waals surface area contributed by atoms with Crippen molar-refractivity contribution in [2.45, 2.75) is 68.7 Å². The maximum atomic E-state index is 14.1. The summed E-state index contributed by atoms with van der Waals surface area (Å²) in [5.74, 6) is -1.18. The van der Waals surface area contributed by atoms with Crippen LogP contribution >= 0.6 is 27.5 Å². The lowest BCUT2D eigenvalue weighted by molar-refractivity contribution is -0.139. The highest BCUT2D eigenvalue weighted by molar-refractivity contribution is 9.10. The van der Waals surface area contributed by atoms with E-state index in [1.54, 1.807) is 37.3 Å². The molecule has 7 nitrogen and oxygen atoms in total. The summed E-state index contributed by atoms with van der Waals surface area (Å²) in [5.41, 5.74) is -0.988. The average Bonchev–Trinajstić information content (AvgIpc) is 2.99. The quantitative estimate of drug-likeness (QED) is 0.241. The maximum Gasteiger partial charge on any atom is 0.417 e. The number of hydrogen-bond donors (Lipinski definition) is 1. The third-order valence-corrected chi connectivity index (χ3v) is 10.1. The number of nitrogens with one attached hydrogen (secondary N) is 1. The third kappa shape index (κ3) is 8.33. The zero-order chi connectivity index (χ0) is 32.1. The Morgan fingerprint density at radius 1 is 1.00 bits per heavy atom. The SMILES string of the molecule is C[C@@H](C(=O)NC1CCCCC1)N(Cc1cccc(Br)c1)C(=O)CN(c1ccc(Cl)c(C(F)(F)F)c1)S(=O)(=O)c1ccccc1.